The van der Waals surface area contributed by atoms with Gasteiger partial charge < -0.3 is 4.90 Å². The largest absolute Gasteiger partial charge is 0.304 e. The molecule has 0 saturated heterocycles. The molecule has 1 aromatic heterocycles. The fraction of sp³-hybridized carbons (Fsp3) is 0.143. The maximum atomic E-state index is 13.1. The summed E-state index contributed by atoms with van der Waals surface area (Å²) >= 11 is 1.59. The molecule has 3 nitrogen and oxygen atoms in total. The monoisotopic (exact) mass is 275 g/mol. The van der Waals surface area contributed by atoms with Crippen molar-refractivity contribution in [1.29, 1.82) is 0 Å². The molecule has 2 aromatic rings. The predicted molar refractivity (Wildman–Crippen MR) is 71.1 cm³/mol. The number of anilines is 1. The second-order valence-corrected chi connectivity index (χ2v) is 5.11. The SMILES string of the molecule is O=C1C(=O)N(CCc2ccsc2)c2ccc(F)cc21. The summed E-state index contributed by atoms with van der Waals surface area (Å²) in [4.78, 5) is 25.1. The van der Waals surface area contributed by atoms with Gasteiger partial charge in [0.25, 0.3) is 11.7 Å². The van der Waals surface area contributed by atoms with E-state index in [-0.39, 0.29) is 5.56 Å². The summed E-state index contributed by atoms with van der Waals surface area (Å²) in [7, 11) is 0. The van der Waals surface area contributed by atoms with Crippen molar-refractivity contribution in [3.8, 4) is 0 Å². The van der Waals surface area contributed by atoms with Gasteiger partial charge in [-0.1, -0.05) is 0 Å². The Kier molecular flexibility index (Phi) is 2.91. The minimum absolute atomic E-state index is 0.162. The van der Waals surface area contributed by atoms with E-state index in [1.807, 2.05) is 16.8 Å². The number of carbonyl (C=O) groups is 2. The molecule has 0 N–H and O–H groups in total. The van der Waals surface area contributed by atoms with Gasteiger partial charge in [-0.15, -0.1) is 0 Å². The summed E-state index contributed by atoms with van der Waals surface area (Å²) in [5.74, 6) is -1.70. The number of hydrogen-bond donors (Lipinski definition) is 0. The van der Waals surface area contributed by atoms with E-state index in [4.69, 9.17) is 0 Å². The van der Waals surface area contributed by atoms with Crippen LogP contribution in [0.5, 0.6) is 0 Å². The van der Waals surface area contributed by atoms with Crippen molar-refractivity contribution < 1.29 is 14.0 Å². The van der Waals surface area contributed by atoms with Gasteiger partial charge in [-0.2, -0.15) is 11.3 Å². The Hall–Kier alpha value is -2.01. The summed E-state index contributed by atoms with van der Waals surface area (Å²) < 4.78 is 13.1. The topological polar surface area (TPSA) is 37.4 Å². The average Bonchev–Trinajstić information content (AvgIpc) is 2.98. The number of thiophene rings is 1. The van der Waals surface area contributed by atoms with E-state index < -0.39 is 17.5 Å². The Morgan fingerprint density at radius 2 is 2.05 bits per heavy atom. The number of ketones is 1. The molecule has 0 radical (unpaired) electrons. The molecule has 1 aliphatic heterocycles. The van der Waals surface area contributed by atoms with Crippen molar-refractivity contribution in [3.63, 3.8) is 0 Å². The minimum atomic E-state index is -0.625. The highest BCUT2D eigenvalue weighted by Gasteiger charge is 2.35. The van der Waals surface area contributed by atoms with Crippen LogP contribution in [0.25, 0.3) is 0 Å². The van der Waals surface area contributed by atoms with Crippen LogP contribution in [0.3, 0.4) is 0 Å². The molecule has 3 rings (SSSR count). The van der Waals surface area contributed by atoms with Crippen molar-refractivity contribution in [2.75, 3.05) is 11.4 Å². The molecule has 0 saturated carbocycles. The molecular formula is C14H10FNO2S. The van der Waals surface area contributed by atoms with Crippen LogP contribution in [-0.4, -0.2) is 18.2 Å². The third-order valence-electron chi connectivity index (χ3n) is 3.14. The second kappa shape index (κ2) is 4.59. The van der Waals surface area contributed by atoms with Crippen LogP contribution in [0.15, 0.2) is 35.0 Å². The first-order valence-electron chi connectivity index (χ1n) is 5.83. The minimum Gasteiger partial charge on any atom is -0.304 e. The van der Waals surface area contributed by atoms with Gasteiger partial charge in [0.15, 0.2) is 0 Å². The summed E-state index contributed by atoms with van der Waals surface area (Å²) in [6.07, 6.45) is 0.680. The molecule has 0 unspecified atom stereocenters. The summed E-state index contributed by atoms with van der Waals surface area (Å²) in [5.41, 5.74) is 1.79. The summed E-state index contributed by atoms with van der Waals surface area (Å²) in [6.45, 7) is 0.430. The Balaban J connectivity index is 1.87. The average molecular weight is 275 g/mol. The highest BCUT2D eigenvalue weighted by molar-refractivity contribution is 7.07. The normalized spacial score (nSPS) is 14.1. The number of halogens is 1. The maximum Gasteiger partial charge on any atom is 0.299 e. The number of Topliss-reactive ketones (excluding diaryl/α,β-unsaturated/α-hetero) is 1. The number of fused-ring (bicyclic) bond motifs is 1. The Bertz CT molecular complexity index is 651. The van der Waals surface area contributed by atoms with Crippen LogP contribution in [0.4, 0.5) is 10.1 Å². The smallest absolute Gasteiger partial charge is 0.299 e. The molecule has 5 heteroatoms. The van der Waals surface area contributed by atoms with E-state index in [2.05, 4.69) is 0 Å². The first-order valence-corrected chi connectivity index (χ1v) is 6.78. The van der Waals surface area contributed by atoms with E-state index >= 15 is 0 Å². The van der Waals surface area contributed by atoms with E-state index in [0.717, 1.165) is 11.6 Å². The Morgan fingerprint density at radius 1 is 1.21 bits per heavy atom. The molecular weight excluding hydrogens is 265 g/mol. The van der Waals surface area contributed by atoms with Crippen molar-refractivity contribution in [1.82, 2.24) is 0 Å². The van der Waals surface area contributed by atoms with Crippen molar-refractivity contribution in [2.24, 2.45) is 0 Å². The lowest BCUT2D eigenvalue weighted by atomic mass is 10.1. The zero-order valence-corrected chi connectivity index (χ0v) is 10.7. The van der Waals surface area contributed by atoms with Crippen LogP contribution in [0.2, 0.25) is 0 Å². The van der Waals surface area contributed by atoms with E-state index in [9.17, 15) is 14.0 Å². The molecule has 1 amide bonds. The van der Waals surface area contributed by atoms with Crippen molar-refractivity contribution in [3.05, 3.63) is 52.0 Å². The standard InChI is InChI=1S/C14H10FNO2S/c15-10-1-2-12-11(7-10)13(17)14(18)16(12)5-3-9-4-6-19-8-9/h1-2,4,6-8H,3,5H2. The number of hydrogen-bond acceptors (Lipinski definition) is 3. The first-order chi connectivity index (χ1) is 9.16. The fourth-order valence-corrected chi connectivity index (χ4v) is 2.87. The molecule has 19 heavy (non-hydrogen) atoms. The van der Waals surface area contributed by atoms with Gasteiger partial charge in [0.05, 0.1) is 11.3 Å². The maximum absolute atomic E-state index is 13.1. The van der Waals surface area contributed by atoms with Gasteiger partial charge in [0, 0.05) is 6.54 Å². The third-order valence-corrected chi connectivity index (χ3v) is 3.87. The summed E-state index contributed by atoms with van der Waals surface area (Å²) in [5, 5.41) is 3.98. The van der Waals surface area contributed by atoms with Crippen LogP contribution in [0.1, 0.15) is 15.9 Å². The third kappa shape index (κ3) is 2.06. The molecule has 0 spiro atoms. The number of rotatable bonds is 3. The van der Waals surface area contributed by atoms with Crippen LogP contribution in [0, 0.1) is 5.82 Å². The number of benzene rings is 1. The van der Waals surface area contributed by atoms with E-state index in [0.29, 0.717) is 18.7 Å². The lowest BCUT2D eigenvalue weighted by Crippen LogP contribution is -2.31. The van der Waals surface area contributed by atoms with Gasteiger partial charge in [-0.3, -0.25) is 9.59 Å². The Labute approximate surface area is 113 Å². The van der Waals surface area contributed by atoms with Gasteiger partial charge >= 0.3 is 0 Å². The van der Waals surface area contributed by atoms with Gasteiger partial charge in [0.1, 0.15) is 5.82 Å². The number of nitrogens with zero attached hydrogens (tertiary/aromatic N) is 1. The Morgan fingerprint density at radius 3 is 2.79 bits per heavy atom. The predicted octanol–water partition coefficient (Wildman–Crippen LogP) is 2.66. The number of carbonyl (C=O) groups excluding carboxylic acids is 2. The zero-order chi connectivity index (χ0) is 13.4. The van der Waals surface area contributed by atoms with Crippen LogP contribution < -0.4 is 4.90 Å². The second-order valence-electron chi connectivity index (χ2n) is 4.33. The molecule has 1 aliphatic rings. The molecule has 2 heterocycles. The highest BCUT2D eigenvalue weighted by atomic mass is 32.1. The quantitative estimate of drug-likeness (QED) is 0.808. The first kappa shape index (κ1) is 12.0. The van der Waals surface area contributed by atoms with Crippen molar-refractivity contribution >= 4 is 28.7 Å². The van der Waals surface area contributed by atoms with E-state index in [1.54, 1.807) is 11.3 Å². The molecule has 0 bridgehead atoms. The molecule has 0 fully saturated rings. The van der Waals surface area contributed by atoms with E-state index in [1.165, 1.54) is 17.0 Å². The van der Waals surface area contributed by atoms with Crippen LogP contribution in [-0.2, 0) is 11.2 Å². The van der Waals surface area contributed by atoms with Gasteiger partial charge in [0.2, 0.25) is 0 Å². The van der Waals surface area contributed by atoms with Gasteiger partial charge in [-0.05, 0) is 47.0 Å². The molecule has 0 aliphatic carbocycles. The van der Waals surface area contributed by atoms with Crippen LogP contribution >= 0.6 is 11.3 Å². The van der Waals surface area contributed by atoms with Gasteiger partial charge in [-0.25, -0.2) is 4.39 Å². The zero-order valence-electron chi connectivity index (χ0n) is 9.93. The number of amides is 1. The molecule has 0 atom stereocenters. The molecule has 1 aromatic carbocycles. The fourth-order valence-electron chi connectivity index (χ4n) is 2.17. The lowest BCUT2D eigenvalue weighted by molar-refractivity contribution is -0.114. The highest BCUT2D eigenvalue weighted by Crippen LogP contribution is 2.29. The molecule has 96 valence electrons. The van der Waals surface area contributed by atoms with Crippen molar-refractivity contribution in [2.45, 2.75) is 6.42 Å². The summed E-state index contributed by atoms with van der Waals surface area (Å²) in [6, 6.07) is 5.86. The lowest BCUT2D eigenvalue weighted by Gasteiger charge is -2.15.